The predicted molar refractivity (Wildman–Crippen MR) is 80.6 cm³/mol. The third-order valence-electron chi connectivity index (χ3n) is 3.16. The third-order valence-corrected chi connectivity index (χ3v) is 3.16. The molecular formula is C17H16O4. The summed E-state index contributed by atoms with van der Waals surface area (Å²) in [6, 6.07) is 13.6. The first kappa shape index (κ1) is 14.8. The molecule has 0 radical (unpaired) electrons. The second-order valence-electron chi connectivity index (χ2n) is 4.48. The van der Waals surface area contributed by atoms with Gasteiger partial charge in [-0.15, -0.1) is 0 Å². The van der Waals surface area contributed by atoms with Crippen molar-refractivity contribution < 1.29 is 19.1 Å². The maximum Gasteiger partial charge on any atom is 0.334 e. The molecule has 4 heteroatoms. The predicted octanol–water partition coefficient (Wildman–Crippen LogP) is 2.96. The van der Waals surface area contributed by atoms with Crippen LogP contribution in [0.25, 0.3) is 16.8 Å². The summed E-state index contributed by atoms with van der Waals surface area (Å²) in [6.45, 7) is 0. The van der Waals surface area contributed by atoms with Gasteiger partial charge >= 0.3 is 11.9 Å². The maximum atomic E-state index is 11.8. The highest BCUT2D eigenvalue weighted by molar-refractivity contribution is 6.01. The average Bonchev–Trinajstić information content (AvgIpc) is 2.53. The molecular weight excluding hydrogens is 268 g/mol. The van der Waals surface area contributed by atoms with Crippen molar-refractivity contribution in [2.45, 2.75) is 6.42 Å². The van der Waals surface area contributed by atoms with Gasteiger partial charge in [-0.05, 0) is 22.4 Å². The van der Waals surface area contributed by atoms with Crippen molar-refractivity contribution >= 4 is 28.8 Å². The van der Waals surface area contributed by atoms with Crippen LogP contribution in [0.3, 0.4) is 0 Å². The molecule has 0 aliphatic rings. The van der Waals surface area contributed by atoms with E-state index >= 15 is 0 Å². The molecule has 4 nitrogen and oxygen atoms in total. The number of ether oxygens (including phenoxy) is 2. The summed E-state index contributed by atoms with van der Waals surface area (Å²) >= 11 is 0. The Morgan fingerprint density at radius 3 is 2.43 bits per heavy atom. The van der Waals surface area contributed by atoms with Crippen LogP contribution >= 0.6 is 0 Å². The van der Waals surface area contributed by atoms with E-state index in [0.717, 1.165) is 16.3 Å². The molecule has 2 aromatic carbocycles. The van der Waals surface area contributed by atoms with Gasteiger partial charge in [0, 0.05) is 5.57 Å². The number of carbonyl (C=O) groups excluding carboxylic acids is 2. The average molecular weight is 284 g/mol. The summed E-state index contributed by atoms with van der Waals surface area (Å²) in [5.74, 6) is -1.01. The van der Waals surface area contributed by atoms with Gasteiger partial charge in [0.05, 0.1) is 20.6 Å². The molecule has 0 aliphatic carbocycles. The lowest BCUT2D eigenvalue weighted by Gasteiger charge is -2.07. The quantitative estimate of drug-likeness (QED) is 0.640. The fraction of sp³-hybridized carbons (Fsp3) is 0.176. The molecule has 2 rings (SSSR count). The highest BCUT2D eigenvalue weighted by Gasteiger charge is 2.15. The Morgan fingerprint density at radius 1 is 1.00 bits per heavy atom. The zero-order valence-corrected chi connectivity index (χ0v) is 12.0. The van der Waals surface area contributed by atoms with Crippen molar-refractivity contribution in [2.24, 2.45) is 0 Å². The minimum atomic E-state index is -0.534. The van der Waals surface area contributed by atoms with Crippen LogP contribution in [0.5, 0.6) is 0 Å². The number of hydrogen-bond acceptors (Lipinski definition) is 4. The van der Waals surface area contributed by atoms with Gasteiger partial charge in [0.1, 0.15) is 0 Å². The molecule has 0 unspecified atom stereocenters. The first-order chi connectivity index (χ1) is 10.2. The second kappa shape index (κ2) is 6.70. The Kier molecular flexibility index (Phi) is 4.72. The number of hydrogen-bond donors (Lipinski definition) is 0. The topological polar surface area (TPSA) is 52.6 Å². The monoisotopic (exact) mass is 284 g/mol. The first-order valence-electron chi connectivity index (χ1n) is 6.49. The zero-order chi connectivity index (χ0) is 15.2. The summed E-state index contributed by atoms with van der Waals surface area (Å²) in [4.78, 5) is 23.2. The summed E-state index contributed by atoms with van der Waals surface area (Å²) in [7, 11) is 2.58. The highest BCUT2D eigenvalue weighted by atomic mass is 16.5. The number of carbonyl (C=O) groups is 2. The molecule has 0 bridgehead atoms. The van der Waals surface area contributed by atoms with Crippen LogP contribution in [0.4, 0.5) is 0 Å². The first-order valence-corrected chi connectivity index (χ1v) is 6.49. The molecule has 0 heterocycles. The van der Waals surface area contributed by atoms with E-state index in [1.807, 2.05) is 42.5 Å². The van der Waals surface area contributed by atoms with Gasteiger partial charge in [0.25, 0.3) is 0 Å². The van der Waals surface area contributed by atoms with E-state index < -0.39 is 11.9 Å². The lowest BCUT2D eigenvalue weighted by Crippen LogP contribution is -2.11. The van der Waals surface area contributed by atoms with Crippen LogP contribution < -0.4 is 0 Å². The van der Waals surface area contributed by atoms with Gasteiger partial charge in [-0.2, -0.15) is 0 Å². The lowest BCUT2D eigenvalue weighted by atomic mass is 10.0. The fourth-order valence-corrected chi connectivity index (χ4v) is 2.10. The number of benzene rings is 2. The zero-order valence-electron chi connectivity index (χ0n) is 12.0. The van der Waals surface area contributed by atoms with Gasteiger partial charge in [-0.3, -0.25) is 4.79 Å². The number of methoxy groups -OCH3 is 2. The van der Waals surface area contributed by atoms with E-state index in [2.05, 4.69) is 4.74 Å². The molecule has 0 saturated carbocycles. The molecule has 108 valence electrons. The Balaban J connectivity index is 2.48. The number of esters is 2. The molecule has 0 aliphatic heterocycles. The van der Waals surface area contributed by atoms with Gasteiger partial charge in [-0.25, -0.2) is 4.79 Å². The van der Waals surface area contributed by atoms with Crippen molar-refractivity contribution in [2.75, 3.05) is 14.2 Å². The molecule has 0 atom stereocenters. The van der Waals surface area contributed by atoms with Crippen molar-refractivity contribution in [3.63, 3.8) is 0 Å². The second-order valence-corrected chi connectivity index (χ2v) is 4.48. The molecule has 2 aromatic rings. The number of rotatable bonds is 4. The minimum Gasteiger partial charge on any atom is -0.469 e. The third kappa shape index (κ3) is 3.48. The van der Waals surface area contributed by atoms with Crippen LogP contribution in [-0.2, 0) is 19.1 Å². The Hall–Kier alpha value is -2.62. The van der Waals surface area contributed by atoms with E-state index in [1.165, 1.54) is 14.2 Å². The van der Waals surface area contributed by atoms with Crippen molar-refractivity contribution in [1.82, 2.24) is 0 Å². The SMILES string of the molecule is COC(=O)C/C(=C\c1cccc2ccccc12)C(=O)OC. The lowest BCUT2D eigenvalue weighted by molar-refractivity contribution is -0.143. The van der Waals surface area contributed by atoms with Gasteiger partial charge in [0.15, 0.2) is 0 Å². The Labute approximate surface area is 123 Å². The smallest absolute Gasteiger partial charge is 0.334 e. The van der Waals surface area contributed by atoms with E-state index in [1.54, 1.807) is 6.08 Å². The van der Waals surface area contributed by atoms with Crippen LogP contribution in [0, 0.1) is 0 Å². The molecule has 21 heavy (non-hydrogen) atoms. The molecule has 0 saturated heterocycles. The van der Waals surface area contributed by atoms with Crippen molar-refractivity contribution in [3.05, 3.63) is 53.6 Å². The number of fused-ring (bicyclic) bond motifs is 1. The largest absolute Gasteiger partial charge is 0.469 e. The fourth-order valence-electron chi connectivity index (χ4n) is 2.10. The summed E-state index contributed by atoms with van der Waals surface area (Å²) in [5.41, 5.74) is 1.12. The Morgan fingerprint density at radius 2 is 1.71 bits per heavy atom. The van der Waals surface area contributed by atoms with Crippen molar-refractivity contribution in [3.8, 4) is 0 Å². The molecule has 0 N–H and O–H groups in total. The summed E-state index contributed by atoms with van der Waals surface area (Å²) in [5, 5.41) is 2.07. The van der Waals surface area contributed by atoms with E-state index in [-0.39, 0.29) is 12.0 Å². The van der Waals surface area contributed by atoms with Crippen LogP contribution in [-0.4, -0.2) is 26.2 Å². The summed E-state index contributed by atoms with van der Waals surface area (Å²) in [6.07, 6.45) is 1.55. The van der Waals surface area contributed by atoms with Gasteiger partial charge in [-0.1, -0.05) is 42.5 Å². The molecule has 0 spiro atoms. The minimum absolute atomic E-state index is 0.119. The van der Waals surface area contributed by atoms with Crippen LogP contribution in [0.2, 0.25) is 0 Å². The van der Waals surface area contributed by atoms with E-state index in [0.29, 0.717) is 0 Å². The van der Waals surface area contributed by atoms with Crippen molar-refractivity contribution in [1.29, 1.82) is 0 Å². The van der Waals surface area contributed by atoms with E-state index in [4.69, 9.17) is 4.74 Å². The standard InChI is InChI=1S/C17H16O4/c1-20-16(18)11-14(17(19)21-2)10-13-8-5-7-12-6-3-4-9-15(12)13/h3-10H,11H2,1-2H3/b14-10+. The molecule has 0 amide bonds. The van der Waals surface area contributed by atoms with Gasteiger partial charge < -0.3 is 9.47 Å². The summed E-state index contributed by atoms with van der Waals surface area (Å²) < 4.78 is 9.34. The Bertz CT molecular complexity index is 696. The molecule has 0 fully saturated rings. The maximum absolute atomic E-state index is 11.8. The van der Waals surface area contributed by atoms with Crippen LogP contribution in [0.1, 0.15) is 12.0 Å². The van der Waals surface area contributed by atoms with Gasteiger partial charge in [0.2, 0.25) is 0 Å². The van der Waals surface area contributed by atoms with E-state index in [9.17, 15) is 9.59 Å². The molecule has 0 aromatic heterocycles. The highest BCUT2D eigenvalue weighted by Crippen LogP contribution is 2.22. The normalized spacial score (nSPS) is 11.2. The van der Waals surface area contributed by atoms with Crippen LogP contribution in [0.15, 0.2) is 48.0 Å².